The fourth-order valence-electron chi connectivity index (χ4n) is 3.80. The van der Waals surface area contributed by atoms with Crippen molar-refractivity contribution >= 4 is 0 Å². The summed E-state index contributed by atoms with van der Waals surface area (Å²) in [6.07, 6.45) is 2.92. The molecule has 0 aromatic rings. The van der Waals surface area contributed by atoms with Crippen molar-refractivity contribution in [3.05, 3.63) is 0 Å². The van der Waals surface area contributed by atoms with E-state index in [1.54, 1.807) is 0 Å². The lowest BCUT2D eigenvalue weighted by atomic mass is 9.73. The van der Waals surface area contributed by atoms with Gasteiger partial charge in [0.15, 0.2) is 0 Å². The van der Waals surface area contributed by atoms with Crippen molar-refractivity contribution in [2.24, 2.45) is 29.1 Å². The van der Waals surface area contributed by atoms with Gasteiger partial charge in [-0.05, 0) is 35.5 Å². The summed E-state index contributed by atoms with van der Waals surface area (Å²) in [5.41, 5.74) is 0.666. The lowest BCUT2D eigenvalue weighted by Crippen LogP contribution is -2.24. The minimum Gasteiger partial charge on any atom is -0.0651 e. The highest BCUT2D eigenvalue weighted by atomic mass is 14.7. The van der Waals surface area contributed by atoms with Crippen LogP contribution in [0.4, 0.5) is 0 Å². The molecule has 0 aromatic carbocycles. The Bertz CT molecular complexity index is 169. The molecule has 0 spiro atoms. The van der Waals surface area contributed by atoms with Gasteiger partial charge >= 0.3 is 0 Å². The quantitative estimate of drug-likeness (QED) is 0.540. The Morgan fingerprint density at radius 1 is 1.36 bits per heavy atom. The van der Waals surface area contributed by atoms with Gasteiger partial charge in [0.2, 0.25) is 0 Å². The molecule has 11 heavy (non-hydrogen) atoms. The van der Waals surface area contributed by atoms with Gasteiger partial charge in [-0.25, -0.2) is 0 Å². The fraction of sp³-hybridized carbons (Fsp3) is 1.00. The molecule has 0 N–H and O–H groups in total. The molecule has 0 aromatic heterocycles. The van der Waals surface area contributed by atoms with Crippen molar-refractivity contribution in [2.45, 2.75) is 40.5 Å². The predicted octanol–water partition coefficient (Wildman–Crippen LogP) is 3.32. The molecule has 2 saturated carbocycles. The fourth-order valence-corrected chi connectivity index (χ4v) is 3.80. The van der Waals surface area contributed by atoms with Crippen molar-refractivity contribution < 1.29 is 0 Å². The highest BCUT2D eigenvalue weighted by Crippen LogP contribution is 2.67. The second-order valence-electron chi connectivity index (χ2n) is 5.20. The normalized spacial score (nSPS) is 52.4. The Hall–Kier alpha value is 0. The molecule has 0 radical (unpaired) electrons. The molecule has 0 saturated heterocycles. The molecular formula is C11H20. The average Bonchev–Trinajstić information content (AvgIpc) is 2.61. The van der Waals surface area contributed by atoms with E-state index < -0.39 is 0 Å². The van der Waals surface area contributed by atoms with Crippen molar-refractivity contribution in [1.82, 2.24) is 0 Å². The van der Waals surface area contributed by atoms with Crippen molar-refractivity contribution in [2.75, 3.05) is 0 Å². The molecule has 0 bridgehead atoms. The van der Waals surface area contributed by atoms with Gasteiger partial charge in [-0.3, -0.25) is 0 Å². The molecule has 2 rings (SSSR count). The zero-order chi connectivity index (χ0) is 8.22. The summed E-state index contributed by atoms with van der Waals surface area (Å²) in [6, 6.07) is 0. The van der Waals surface area contributed by atoms with Gasteiger partial charge in [-0.15, -0.1) is 0 Å². The smallest absolute Gasteiger partial charge is 0.0292 e. The maximum atomic E-state index is 2.48. The van der Waals surface area contributed by atoms with E-state index in [0.29, 0.717) is 5.41 Å². The van der Waals surface area contributed by atoms with Crippen molar-refractivity contribution in [3.63, 3.8) is 0 Å². The van der Waals surface area contributed by atoms with Gasteiger partial charge in [0.05, 0.1) is 0 Å². The largest absolute Gasteiger partial charge is 0.0651 e. The Kier molecular flexibility index (Phi) is 1.41. The molecule has 0 aliphatic heterocycles. The van der Waals surface area contributed by atoms with Gasteiger partial charge in [0.25, 0.3) is 0 Å². The summed E-state index contributed by atoms with van der Waals surface area (Å²) in [5.74, 6) is 4.21. The molecule has 64 valence electrons. The van der Waals surface area contributed by atoms with Crippen LogP contribution in [0.2, 0.25) is 0 Å². The minimum atomic E-state index is 0.666. The maximum absolute atomic E-state index is 2.48. The lowest BCUT2D eigenvalue weighted by molar-refractivity contribution is 0.171. The van der Waals surface area contributed by atoms with Gasteiger partial charge in [0.1, 0.15) is 0 Å². The topological polar surface area (TPSA) is 0 Å². The molecular weight excluding hydrogens is 132 g/mol. The minimum absolute atomic E-state index is 0.666. The molecule has 2 aliphatic carbocycles. The Morgan fingerprint density at radius 2 is 2.00 bits per heavy atom. The van der Waals surface area contributed by atoms with Crippen molar-refractivity contribution in [3.8, 4) is 0 Å². The molecule has 2 aliphatic rings. The first-order valence-corrected chi connectivity index (χ1v) is 5.09. The standard InChI is InChI=1S/C11H20/c1-5-9-7(2)8-6-10(8)11(9,3)4/h7-10H,5-6H2,1-4H3. The number of hydrogen-bond donors (Lipinski definition) is 0. The van der Waals surface area contributed by atoms with Crippen LogP contribution in [-0.4, -0.2) is 0 Å². The van der Waals surface area contributed by atoms with Crippen LogP contribution in [0.5, 0.6) is 0 Å². The second kappa shape index (κ2) is 2.02. The third-order valence-electron chi connectivity index (χ3n) is 4.50. The van der Waals surface area contributed by atoms with Crippen LogP contribution in [0.15, 0.2) is 0 Å². The molecule has 0 heteroatoms. The summed E-state index contributed by atoms with van der Waals surface area (Å²) in [5, 5.41) is 0. The molecule has 2 fully saturated rings. The molecule has 0 heterocycles. The van der Waals surface area contributed by atoms with E-state index in [-0.39, 0.29) is 0 Å². The van der Waals surface area contributed by atoms with E-state index in [1.807, 2.05) is 0 Å². The lowest BCUT2D eigenvalue weighted by Gasteiger charge is -2.32. The van der Waals surface area contributed by atoms with Crippen LogP contribution in [0, 0.1) is 29.1 Å². The summed E-state index contributed by atoms with van der Waals surface area (Å²) < 4.78 is 0. The second-order valence-corrected chi connectivity index (χ2v) is 5.20. The van der Waals surface area contributed by atoms with E-state index in [9.17, 15) is 0 Å². The van der Waals surface area contributed by atoms with E-state index in [1.165, 1.54) is 12.8 Å². The number of fused-ring (bicyclic) bond motifs is 1. The van der Waals surface area contributed by atoms with Crippen LogP contribution in [0.3, 0.4) is 0 Å². The number of hydrogen-bond acceptors (Lipinski definition) is 0. The van der Waals surface area contributed by atoms with E-state index in [2.05, 4.69) is 27.7 Å². The highest BCUT2D eigenvalue weighted by Gasteiger charge is 2.61. The van der Waals surface area contributed by atoms with E-state index >= 15 is 0 Å². The first-order valence-electron chi connectivity index (χ1n) is 5.09. The zero-order valence-corrected chi connectivity index (χ0v) is 8.22. The van der Waals surface area contributed by atoms with Gasteiger partial charge in [0, 0.05) is 0 Å². The van der Waals surface area contributed by atoms with Gasteiger partial charge < -0.3 is 0 Å². The van der Waals surface area contributed by atoms with Crippen LogP contribution in [0.1, 0.15) is 40.5 Å². The summed E-state index contributed by atoms with van der Waals surface area (Å²) >= 11 is 0. The van der Waals surface area contributed by atoms with Crippen LogP contribution in [-0.2, 0) is 0 Å². The predicted molar refractivity (Wildman–Crippen MR) is 48.3 cm³/mol. The van der Waals surface area contributed by atoms with Crippen LogP contribution < -0.4 is 0 Å². The first kappa shape index (κ1) is 7.64. The zero-order valence-electron chi connectivity index (χ0n) is 8.22. The monoisotopic (exact) mass is 152 g/mol. The third-order valence-corrected chi connectivity index (χ3v) is 4.50. The Balaban J connectivity index is 2.20. The molecule has 0 amide bonds. The SMILES string of the molecule is CCC1C(C)C2CC2C1(C)C. The van der Waals surface area contributed by atoms with Crippen LogP contribution >= 0.6 is 0 Å². The number of rotatable bonds is 1. The Morgan fingerprint density at radius 3 is 2.27 bits per heavy atom. The maximum Gasteiger partial charge on any atom is -0.0292 e. The molecule has 4 unspecified atom stereocenters. The summed E-state index contributed by atoms with van der Waals surface area (Å²) in [7, 11) is 0. The molecule has 4 atom stereocenters. The summed E-state index contributed by atoms with van der Waals surface area (Å²) in [4.78, 5) is 0. The van der Waals surface area contributed by atoms with Crippen LogP contribution in [0.25, 0.3) is 0 Å². The average molecular weight is 152 g/mol. The Labute approximate surface area is 70.4 Å². The van der Waals surface area contributed by atoms with E-state index in [4.69, 9.17) is 0 Å². The van der Waals surface area contributed by atoms with Gasteiger partial charge in [-0.1, -0.05) is 34.1 Å². The third kappa shape index (κ3) is 0.816. The van der Waals surface area contributed by atoms with Crippen molar-refractivity contribution in [1.29, 1.82) is 0 Å². The summed E-state index contributed by atoms with van der Waals surface area (Å²) in [6.45, 7) is 9.78. The highest BCUT2D eigenvalue weighted by molar-refractivity contribution is 5.09. The van der Waals surface area contributed by atoms with Gasteiger partial charge in [-0.2, -0.15) is 0 Å². The molecule has 0 nitrogen and oxygen atoms in total. The van der Waals surface area contributed by atoms with E-state index in [0.717, 1.165) is 23.7 Å². The first-order chi connectivity index (χ1) is 5.09.